The maximum absolute atomic E-state index is 11.3. The lowest BCUT2D eigenvalue weighted by molar-refractivity contribution is 0.593. The summed E-state index contributed by atoms with van der Waals surface area (Å²) in [5.74, 6) is 0.471. The van der Waals surface area contributed by atoms with Gasteiger partial charge in [0.1, 0.15) is 0 Å². The molecule has 13 heavy (non-hydrogen) atoms. The molecular weight excluding hydrogens is 186 g/mol. The Kier molecular flexibility index (Phi) is 5.99. The Hall–Kier alpha value is -0.350. The second-order valence-corrected chi connectivity index (χ2v) is 5.67. The molecule has 0 saturated heterocycles. The fraction of sp³-hybridized carbons (Fsp3) is 0.778. The molecule has 78 valence electrons. The normalized spacial score (nSPS) is 11.3. The van der Waals surface area contributed by atoms with Gasteiger partial charge in [-0.3, -0.25) is 0 Å². The Morgan fingerprint density at radius 2 is 1.92 bits per heavy atom. The molecular formula is C9H19NO2S. The molecule has 0 unspecified atom stereocenters. The van der Waals surface area contributed by atoms with Gasteiger partial charge in [0, 0.05) is 0 Å². The van der Waals surface area contributed by atoms with Crippen LogP contribution in [0.2, 0.25) is 0 Å². The van der Waals surface area contributed by atoms with E-state index in [0.29, 0.717) is 19.4 Å². The SMILES string of the molecule is CC(C)=CCCS(=O)(=O)CCCN. The van der Waals surface area contributed by atoms with Crippen LogP contribution >= 0.6 is 0 Å². The van der Waals surface area contributed by atoms with Crippen molar-refractivity contribution >= 4 is 9.84 Å². The van der Waals surface area contributed by atoms with Gasteiger partial charge in [-0.1, -0.05) is 11.6 Å². The van der Waals surface area contributed by atoms with E-state index in [1.165, 1.54) is 0 Å². The molecule has 0 spiro atoms. The molecule has 0 rings (SSSR count). The molecule has 0 aromatic rings. The van der Waals surface area contributed by atoms with Crippen LogP contribution in [-0.2, 0) is 9.84 Å². The number of rotatable bonds is 6. The van der Waals surface area contributed by atoms with E-state index in [4.69, 9.17) is 5.73 Å². The Morgan fingerprint density at radius 3 is 2.38 bits per heavy atom. The molecule has 0 radical (unpaired) electrons. The van der Waals surface area contributed by atoms with Gasteiger partial charge in [0.15, 0.2) is 9.84 Å². The summed E-state index contributed by atoms with van der Waals surface area (Å²) in [6.45, 7) is 4.38. The molecule has 0 atom stereocenters. The Bertz CT molecular complexity index is 251. The van der Waals surface area contributed by atoms with Crippen molar-refractivity contribution in [2.75, 3.05) is 18.1 Å². The zero-order chi connectivity index (χ0) is 10.3. The topological polar surface area (TPSA) is 60.2 Å². The van der Waals surface area contributed by atoms with E-state index in [2.05, 4.69) is 0 Å². The largest absolute Gasteiger partial charge is 0.330 e. The van der Waals surface area contributed by atoms with Crippen molar-refractivity contribution in [1.82, 2.24) is 0 Å². The minimum Gasteiger partial charge on any atom is -0.330 e. The molecule has 0 aliphatic rings. The first-order valence-electron chi connectivity index (χ1n) is 4.52. The summed E-state index contributed by atoms with van der Waals surface area (Å²) in [5, 5.41) is 0. The van der Waals surface area contributed by atoms with Crippen LogP contribution in [0.1, 0.15) is 26.7 Å². The van der Waals surface area contributed by atoms with Crippen molar-refractivity contribution in [3.05, 3.63) is 11.6 Å². The standard InChI is InChI=1S/C9H19NO2S/c1-9(2)5-3-7-13(11,12)8-4-6-10/h5H,3-4,6-8,10H2,1-2H3. The summed E-state index contributed by atoms with van der Waals surface area (Å²) in [4.78, 5) is 0. The molecule has 0 aliphatic carbocycles. The van der Waals surface area contributed by atoms with Gasteiger partial charge in [-0.05, 0) is 33.2 Å². The van der Waals surface area contributed by atoms with Crippen molar-refractivity contribution in [2.24, 2.45) is 5.73 Å². The highest BCUT2D eigenvalue weighted by Crippen LogP contribution is 1.99. The third-order valence-electron chi connectivity index (χ3n) is 1.64. The first-order chi connectivity index (χ1) is 5.98. The highest BCUT2D eigenvalue weighted by Gasteiger charge is 2.07. The zero-order valence-electron chi connectivity index (χ0n) is 8.41. The van der Waals surface area contributed by atoms with Gasteiger partial charge < -0.3 is 5.73 Å². The van der Waals surface area contributed by atoms with E-state index in [0.717, 1.165) is 5.57 Å². The maximum atomic E-state index is 11.3. The highest BCUT2D eigenvalue weighted by molar-refractivity contribution is 7.91. The van der Waals surface area contributed by atoms with Crippen LogP contribution in [-0.4, -0.2) is 26.5 Å². The quantitative estimate of drug-likeness (QED) is 0.661. The fourth-order valence-corrected chi connectivity index (χ4v) is 2.22. The Labute approximate surface area is 80.9 Å². The van der Waals surface area contributed by atoms with Gasteiger partial charge in [-0.2, -0.15) is 0 Å². The third kappa shape index (κ3) is 7.99. The summed E-state index contributed by atoms with van der Waals surface area (Å²) in [6.07, 6.45) is 3.13. The molecule has 0 amide bonds. The maximum Gasteiger partial charge on any atom is 0.150 e. The molecule has 2 N–H and O–H groups in total. The highest BCUT2D eigenvalue weighted by atomic mass is 32.2. The van der Waals surface area contributed by atoms with E-state index in [-0.39, 0.29) is 11.5 Å². The Balaban J connectivity index is 3.83. The number of nitrogens with two attached hydrogens (primary N) is 1. The van der Waals surface area contributed by atoms with Gasteiger partial charge in [-0.15, -0.1) is 0 Å². The van der Waals surface area contributed by atoms with Crippen LogP contribution < -0.4 is 5.73 Å². The molecule has 0 saturated carbocycles. The molecule has 0 heterocycles. The molecule has 0 aliphatic heterocycles. The zero-order valence-corrected chi connectivity index (χ0v) is 9.23. The van der Waals surface area contributed by atoms with Crippen molar-refractivity contribution in [1.29, 1.82) is 0 Å². The Morgan fingerprint density at radius 1 is 1.31 bits per heavy atom. The molecule has 0 aromatic carbocycles. The van der Waals surface area contributed by atoms with Crippen LogP contribution in [0.3, 0.4) is 0 Å². The lowest BCUT2D eigenvalue weighted by Crippen LogP contribution is -2.14. The van der Waals surface area contributed by atoms with Crippen molar-refractivity contribution in [2.45, 2.75) is 26.7 Å². The summed E-state index contributed by atoms with van der Waals surface area (Å²) < 4.78 is 22.6. The van der Waals surface area contributed by atoms with Gasteiger partial charge in [0.25, 0.3) is 0 Å². The van der Waals surface area contributed by atoms with Crippen molar-refractivity contribution in [3.63, 3.8) is 0 Å². The van der Waals surface area contributed by atoms with Crippen molar-refractivity contribution < 1.29 is 8.42 Å². The minimum atomic E-state index is -2.86. The van der Waals surface area contributed by atoms with E-state index in [1.807, 2.05) is 19.9 Å². The lowest BCUT2D eigenvalue weighted by atomic mass is 10.3. The number of hydrogen-bond donors (Lipinski definition) is 1. The van der Waals surface area contributed by atoms with Crippen LogP contribution in [0.4, 0.5) is 0 Å². The molecule has 4 heteroatoms. The van der Waals surface area contributed by atoms with Crippen LogP contribution in [0.25, 0.3) is 0 Å². The first kappa shape index (κ1) is 12.7. The lowest BCUT2D eigenvalue weighted by Gasteiger charge is -2.00. The van der Waals surface area contributed by atoms with Crippen molar-refractivity contribution in [3.8, 4) is 0 Å². The third-order valence-corrected chi connectivity index (χ3v) is 3.41. The van der Waals surface area contributed by atoms with E-state index in [1.54, 1.807) is 0 Å². The molecule has 3 nitrogen and oxygen atoms in total. The van der Waals surface area contributed by atoms with Crippen LogP contribution in [0.15, 0.2) is 11.6 Å². The predicted octanol–water partition coefficient (Wildman–Crippen LogP) is 1.11. The number of allylic oxidation sites excluding steroid dienone is 2. The second-order valence-electron chi connectivity index (χ2n) is 3.36. The van der Waals surface area contributed by atoms with Gasteiger partial charge >= 0.3 is 0 Å². The van der Waals surface area contributed by atoms with Crippen LogP contribution in [0.5, 0.6) is 0 Å². The summed E-state index contributed by atoms with van der Waals surface area (Å²) in [6, 6.07) is 0. The summed E-state index contributed by atoms with van der Waals surface area (Å²) >= 11 is 0. The summed E-state index contributed by atoms with van der Waals surface area (Å²) in [5.41, 5.74) is 6.40. The van der Waals surface area contributed by atoms with Crippen LogP contribution in [0, 0.1) is 0 Å². The number of sulfone groups is 1. The first-order valence-corrected chi connectivity index (χ1v) is 6.34. The smallest absolute Gasteiger partial charge is 0.150 e. The van der Waals surface area contributed by atoms with E-state index >= 15 is 0 Å². The van der Waals surface area contributed by atoms with Gasteiger partial charge in [-0.25, -0.2) is 8.42 Å². The second kappa shape index (κ2) is 6.16. The average Bonchev–Trinajstić information content (AvgIpc) is 2.00. The predicted molar refractivity (Wildman–Crippen MR) is 56.4 cm³/mol. The summed E-state index contributed by atoms with van der Waals surface area (Å²) in [7, 11) is -2.86. The van der Waals surface area contributed by atoms with E-state index < -0.39 is 9.84 Å². The van der Waals surface area contributed by atoms with Gasteiger partial charge in [0.05, 0.1) is 11.5 Å². The molecule has 0 aromatic heterocycles. The van der Waals surface area contributed by atoms with Gasteiger partial charge in [0.2, 0.25) is 0 Å². The van der Waals surface area contributed by atoms with E-state index in [9.17, 15) is 8.42 Å². The average molecular weight is 205 g/mol. The minimum absolute atomic E-state index is 0.222. The number of hydrogen-bond acceptors (Lipinski definition) is 3. The fourth-order valence-electron chi connectivity index (χ4n) is 0.932. The molecule has 0 bridgehead atoms. The monoisotopic (exact) mass is 205 g/mol. The molecule has 0 fully saturated rings.